The van der Waals surface area contributed by atoms with E-state index in [0.717, 1.165) is 22.0 Å². The maximum Gasteiger partial charge on any atom is 0.266 e. The Bertz CT molecular complexity index is 1400. The van der Waals surface area contributed by atoms with Gasteiger partial charge in [-0.1, -0.05) is 60.4 Å². The summed E-state index contributed by atoms with van der Waals surface area (Å²) in [7, 11) is 0. The molecule has 0 N–H and O–H groups in total. The van der Waals surface area contributed by atoms with Crippen molar-refractivity contribution in [2.75, 3.05) is 6.61 Å². The molecule has 1 amide bonds. The lowest BCUT2D eigenvalue weighted by Gasteiger charge is -2.13. The Morgan fingerprint density at radius 3 is 2.74 bits per heavy atom. The number of aromatic nitrogens is 2. The van der Waals surface area contributed by atoms with Crippen LogP contribution in [0.3, 0.4) is 0 Å². The molecule has 0 bridgehead atoms. The summed E-state index contributed by atoms with van der Waals surface area (Å²) in [5.74, 6) is -0.260. The molecule has 1 saturated heterocycles. The first-order chi connectivity index (χ1) is 16.6. The highest BCUT2D eigenvalue weighted by molar-refractivity contribution is 8.26. The summed E-state index contributed by atoms with van der Waals surface area (Å²) in [4.78, 5) is 19.4. The molecule has 170 valence electrons. The Morgan fingerprint density at radius 2 is 1.91 bits per heavy atom. The molecule has 0 radical (unpaired) electrons. The largest absolute Gasteiger partial charge is 0.489 e. The van der Waals surface area contributed by atoms with Gasteiger partial charge < -0.3 is 9.30 Å². The molecule has 5 nitrogen and oxygen atoms in total. The Labute approximate surface area is 205 Å². The zero-order valence-corrected chi connectivity index (χ0v) is 19.7. The van der Waals surface area contributed by atoms with Crippen LogP contribution in [0.25, 0.3) is 17.0 Å². The molecule has 2 aromatic heterocycles. The van der Waals surface area contributed by atoms with Crippen LogP contribution >= 0.6 is 24.0 Å². The Morgan fingerprint density at radius 1 is 1.09 bits per heavy atom. The van der Waals surface area contributed by atoms with Gasteiger partial charge in [0.15, 0.2) is 11.6 Å². The van der Waals surface area contributed by atoms with Gasteiger partial charge in [-0.15, -0.1) is 0 Å². The molecule has 2 aromatic carbocycles. The predicted molar refractivity (Wildman–Crippen MR) is 137 cm³/mol. The molecule has 0 saturated carbocycles. The van der Waals surface area contributed by atoms with E-state index in [0.29, 0.717) is 28.9 Å². The third-order valence-corrected chi connectivity index (χ3v) is 6.85. The third kappa shape index (κ3) is 4.60. The third-order valence-electron chi connectivity index (χ3n) is 5.47. The van der Waals surface area contributed by atoms with Gasteiger partial charge in [0.1, 0.15) is 10.9 Å². The lowest BCUT2D eigenvalue weighted by atomic mass is 10.1. The number of ether oxygens (including phenoxy) is 1. The van der Waals surface area contributed by atoms with Crippen molar-refractivity contribution in [1.82, 2.24) is 14.5 Å². The highest BCUT2D eigenvalue weighted by atomic mass is 32.2. The molecule has 0 unspecified atom stereocenters. The van der Waals surface area contributed by atoms with E-state index in [1.54, 1.807) is 35.5 Å². The number of carbonyl (C=O) groups excluding carboxylic acids is 1. The van der Waals surface area contributed by atoms with Crippen molar-refractivity contribution in [3.8, 4) is 5.75 Å². The van der Waals surface area contributed by atoms with Crippen LogP contribution in [-0.4, -0.2) is 31.3 Å². The van der Waals surface area contributed by atoms with Crippen LogP contribution in [0.5, 0.6) is 5.75 Å². The lowest BCUT2D eigenvalue weighted by Crippen LogP contribution is -2.27. The van der Waals surface area contributed by atoms with Crippen LogP contribution in [0.2, 0.25) is 0 Å². The van der Waals surface area contributed by atoms with E-state index in [9.17, 15) is 9.18 Å². The molecule has 0 aliphatic carbocycles. The van der Waals surface area contributed by atoms with Gasteiger partial charge in [-0.2, -0.15) is 0 Å². The van der Waals surface area contributed by atoms with Crippen LogP contribution in [0.4, 0.5) is 4.39 Å². The van der Waals surface area contributed by atoms with Crippen LogP contribution in [0.1, 0.15) is 11.1 Å². The number of thiocarbonyl (C=S) groups is 1. The molecule has 5 rings (SSSR count). The van der Waals surface area contributed by atoms with E-state index in [4.69, 9.17) is 17.0 Å². The van der Waals surface area contributed by atoms with Crippen molar-refractivity contribution < 1.29 is 13.9 Å². The van der Waals surface area contributed by atoms with Crippen molar-refractivity contribution in [2.45, 2.75) is 13.1 Å². The fraction of sp³-hybridized carbons (Fsp3) is 0.115. The van der Waals surface area contributed by atoms with Crippen molar-refractivity contribution in [2.24, 2.45) is 0 Å². The van der Waals surface area contributed by atoms with E-state index in [2.05, 4.69) is 9.55 Å². The van der Waals surface area contributed by atoms with Crippen LogP contribution in [-0.2, 0) is 17.9 Å². The summed E-state index contributed by atoms with van der Waals surface area (Å²) < 4.78 is 22.1. The second kappa shape index (κ2) is 9.79. The number of benzene rings is 2. The number of pyridine rings is 1. The monoisotopic (exact) mass is 489 g/mol. The molecule has 1 fully saturated rings. The summed E-state index contributed by atoms with van der Waals surface area (Å²) >= 11 is 6.78. The molecule has 8 heteroatoms. The number of nitrogens with zero attached hydrogens (tertiary/aromatic N) is 3. The molecule has 1 aliphatic heterocycles. The number of amides is 1. The molecule has 0 spiro atoms. The maximum absolute atomic E-state index is 13.8. The standard InChI is InChI=1S/C26H20FN3O2S2/c27-21-8-2-4-10-23(21)32-13-12-29-17-19(20-7-1-3-9-22(20)29)14-24-25(31)30(26(33)34-24)16-18-6-5-11-28-15-18/h1-11,14-15,17H,12-13,16H2. The summed E-state index contributed by atoms with van der Waals surface area (Å²) in [6, 6.07) is 18.1. The zero-order valence-electron chi connectivity index (χ0n) is 18.1. The minimum absolute atomic E-state index is 0.112. The zero-order chi connectivity index (χ0) is 23.5. The topological polar surface area (TPSA) is 47.4 Å². The van der Waals surface area contributed by atoms with Crippen molar-refractivity contribution in [3.63, 3.8) is 0 Å². The fourth-order valence-electron chi connectivity index (χ4n) is 3.84. The number of carbonyl (C=O) groups is 1. The van der Waals surface area contributed by atoms with E-state index < -0.39 is 0 Å². The lowest BCUT2D eigenvalue weighted by molar-refractivity contribution is -0.122. The van der Waals surface area contributed by atoms with E-state index in [1.165, 1.54) is 17.8 Å². The van der Waals surface area contributed by atoms with E-state index in [1.807, 2.05) is 48.7 Å². The van der Waals surface area contributed by atoms with Crippen LogP contribution < -0.4 is 4.74 Å². The van der Waals surface area contributed by atoms with E-state index in [-0.39, 0.29) is 17.5 Å². The average molecular weight is 490 g/mol. The quantitative estimate of drug-likeness (QED) is 0.248. The van der Waals surface area contributed by atoms with Gasteiger partial charge >= 0.3 is 0 Å². The normalized spacial score (nSPS) is 15.0. The first kappa shape index (κ1) is 22.3. The summed E-state index contributed by atoms with van der Waals surface area (Å²) in [6.45, 7) is 1.24. The second-order valence-electron chi connectivity index (χ2n) is 7.70. The van der Waals surface area contributed by atoms with Crippen molar-refractivity contribution in [3.05, 3.63) is 101 Å². The number of hydrogen-bond acceptors (Lipinski definition) is 5. The minimum Gasteiger partial charge on any atom is -0.489 e. The second-order valence-corrected chi connectivity index (χ2v) is 9.38. The summed E-state index contributed by atoms with van der Waals surface area (Å²) in [5, 5.41) is 1.02. The van der Waals surface area contributed by atoms with Gasteiger partial charge in [-0.3, -0.25) is 14.7 Å². The van der Waals surface area contributed by atoms with Gasteiger partial charge in [0.25, 0.3) is 5.91 Å². The Balaban J connectivity index is 1.37. The number of fused-ring (bicyclic) bond motifs is 1. The highest BCUT2D eigenvalue weighted by Gasteiger charge is 2.32. The number of thioether (sulfide) groups is 1. The van der Waals surface area contributed by atoms with Gasteiger partial charge in [0, 0.05) is 35.1 Å². The van der Waals surface area contributed by atoms with E-state index >= 15 is 0 Å². The Hall–Kier alpha value is -3.49. The van der Waals surface area contributed by atoms with Gasteiger partial charge in [-0.25, -0.2) is 4.39 Å². The van der Waals surface area contributed by atoms with Gasteiger partial charge in [-0.05, 0) is 35.9 Å². The Kier molecular flexibility index (Phi) is 6.42. The smallest absolute Gasteiger partial charge is 0.266 e. The first-order valence-corrected chi connectivity index (χ1v) is 11.9. The molecule has 34 heavy (non-hydrogen) atoms. The molecular weight excluding hydrogens is 469 g/mol. The average Bonchev–Trinajstić information content (AvgIpc) is 3.33. The number of hydrogen-bond donors (Lipinski definition) is 0. The fourth-order valence-corrected chi connectivity index (χ4v) is 5.09. The molecule has 3 heterocycles. The van der Waals surface area contributed by atoms with Crippen LogP contribution in [0, 0.1) is 5.82 Å². The molecular formula is C26H20FN3O2S2. The minimum atomic E-state index is -0.381. The van der Waals surface area contributed by atoms with Gasteiger partial charge in [0.2, 0.25) is 0 Å². The molecule has 1 aliphatic rings. The summed E-state index contributed by atoms with van der Waals surface area (Å²) in [6.07, 6.45) is 7.31. The highest BCUT2D eigenvalue weighted by Crippen LogP contribution is 2.35. The molecule has 0 atom stereocenters. The summed E-state index contributed by atoms with van der Waals surface area (Å²) in [5.41, 5.74) is 2.85. The number of para-hydroxylation sites is 2. The number of rotatable bonds is 7. The number of halogens is 1. The van der Waals surface area contributed by atoms with Crippen molar-refractivity contribution in [1.29, 1.82) is 0 Å². The first-order valence-electron chi connectivity index (χ1n) is 10.7. The SMILES string of the molecule is O=C1C(=Cc2cn(CCOc3ccccc3F)c3ccccc23)SC(=S)N1Cc1cccnc1. The van der Waals surface area contributed by atoms with Gasteiger partial charge in [0.05, 0.1) is 18.0 Å². The molecule has 4 aromatic rings. The van der Waals surface area contributed by atoms with Crippen molar-refractivity contribution >= 4 is 51.2 Å². The van der Waals surface area contributed by atoms with Crippen LogP contribution in [0.15, 0.2) is 84.2 Å². The predicted octanol–water partition coefficient (Wildman–Crippen LogP) is 5.66. The maximum atomic E-state index is 13.8.